The van der Waals surface area contributed by atoms with Gasteiger partial charge in [-0.05, 0) is 6.07 Å². The topological polar surface area (TPSA) is 59.2 Å². The number of anilines is 1. The summed E-state index contributed by atoms with van der Waals surface area (Å²) in [5.74, 6) is -0.649. The van der Waals surface area contributed by atoms with Crippen LogP contribution in [-0.4, -0.2) is 35.6 Å². The molecule has 0 aliphatic rings. The monoisotopic (exact) mass is 281 g/mol. The smallest absolute Gasteiger partial charge is 0.390 e. The molecular formula is C10H11ClF3N3O. The summed E-state index contributed by atoms with van der Waals surface area (Å²) in [6, 6.07) is 1.28. The molecule has 1 heterocycles. The van der Waals surface area contributed by atoms with Crippen molar-refractivity contribution in [2.75, 3.05) is 19.3 Å². The molecule has 4 nitrogen and oxygen atoms in total. The van der Waals surface area contributed by atoms with Crippen molar-refractivity contribution in [3.8, 4) is 0 Å². The van der Waals surface area contributed by atoms with Crippen molar-refractivity contribution in [2.24, 2.45) is 0 Å². The first-order valence-electron chi connectivity index (χ1n) is 4.94. The lowest BCUT2D eigenvalue weighted by Gasteiger charge is -2.18. The van der Waals surface area contributed by atoms with Crippen LogP contribution >= 0.6 is 11.6 Å². The molecule has 0 aliphatic carbocycles. The number of nitrogen functional groups attached to an aromatic ring is 1. The van der Waals surface area contributed by atoms with Crippen molar-refractivity contribution in [1.29, 1.82) is 0 Å². The predicted octanol–water partition coefficient (Wildman–Crippen LogP) is 2.34. The van der Waals surface area contributed by atoms with Gasteiger partial charge in [-0.2, -0.15) is 13.2 Å². The van der Waals surface area contributed by atoms with Gasteiger partial charge in [-0.25, -0.2) is 4.98 Å². The van der Waals surface area contributed by atoms with Crippen LogP contribution in [0.3, 0.4) is 0 Å². The van der Waals surface area contributed by atoms with E-state index in [0.29, 0.717) is 0 Å². The number of alkyl halides is 3. The SMILES string of the molecule is CN(CCC(F)(F)F)C(=O)c1cc(N)cnc1Cl. The molecule has 1 aromatic rings. The van der Waals surface area contributed by atoms with E-state index in [2.05, 4.69) is 4.98 Å². The Morgan fingerprint density at radius 3 is 2.72 bits per heavy atom. The molecule has 1 aromatic heterocycles. The van der Waals surface area contributed by atoms with Crippen LogP contribution in [0.1, 0.15) is 16.8 Å². The number of carbonyl (C=O) groups excluding carboxylic acids is 1. The number of hydrogen-bond donors (Lipinski definition) is 1. The summed E-state index contributed by atoms with van der Waals surface area (Å²) < 4.78 is 36.1. The van der Waals surface area contributed by atoms with Crippen molar-refractivity contribution in [3.05, 3.63) is 23.0 Å². The van der Waals surface area contributed by atoms with Gasteiger partial charge in [-0.3, -0.25) is 4.79 Å². The van der Waals surface area contributed by atoms with Gasteiger partial charge in [0.1, 0.15) is 5.15 Å². The number of aromatic nitrogens is 1. The standard InChI is InChI=1S/C10H11ClF3N3O/c1-17(3-2-10(12,13)14)9(18)7-4-6(15)5-16-8(7)11/h4-5H,2-3,15H2,1H3. The molecule has 0 saturated carbocycles. The van der Waals surface area contributed by atoms with E-state index in [1.807, 2.05) is 0 Å². The maximum absolute atomic E-state index is 12.0. The molecule has 100 valence electrons. The van der Waals surface area contributed by atoms with E-state index in [-0.39, 0.29) is 16.4 Å². The maximum atomic E-state index is 12.0. The first kappa shape index (κ1) is 14.6. The van der Waals surface area contributed by atoms with Gasteiger partial charge in [0.15, 0.2) is 0 Å². The minimum atomic E-state index is -4.31. The molecule has 0 aliphatic heterocycles. The van der Waals surface area contributed by atoms with Gasteiger partial charge in [-0.1, -0.05) is 11.6 Å². The van der Waals surface area contributed by atoms with Crippen molar-refractivity contribution < 1.29 is 18.0 Å². The van der Waals surface area contributed by atoms with Crippen molar-refractivity contribution in [1.82, 2.24) is 9.88 Å². The van der Waals surface area contributed by atoms with Crippen LogP contribution in [0.25, 0.3) is 0 Å². The second-order valence-electron chi connectivity index (χ2n) is 3.70. The normalized spacial score (nSPS) is 11.4. The largest absolute Gasteiger partial charge is 0.397 e. The molecule has 1 amide bonds. The third-order valence-corrected chi connectivity index (χ3v) is 2.47. The van der Waals surface area contributed by atoms with E-state index in [1.165, 1.54) is 19.3 Å². The highest BCUT2D eigenvalue weighted by molar-refractivity contribution is 6.32. The molecule has 0 fully saturated rings. The van der Waals surface area contributed by atoms with Crippen molar-refractivity contribution in [3.63, 3.8) is 0 Å². The summed E-state index contributed by atoms with van der Waals surface area (Å²) in [5.41, 5.74) is 5.64. The molecule has 0 radical (unpaired) electrons. The third-order valence-electron chi connectivity index (χ3n) is 2.17. The first-order chi connectivity index (χ1) is 8.20. The fourth-order valence-electron chi connectivity index (χ4n) is 1.22. The molecular weight excluding hydrogens is 271 g/mol. The summed E-state index contributed by atoms with van der Waals surface area (Å²) >= 11 is 5.69. The average Bonchev–Trinajstić information content (AvgIpc) is 2.27. The maximum Gasteiger partial charge on any atom is 0.390 e. The highest BCUT2D eigenvalue weighted by Crippen LogP contribution is 2.21. The van der Waals surface area contributed by atoms with Gasteiger partial charge in [0.25, 0.3) is 5.91 Å². The van der Waals surface area contributed by atoms with Crippen molar-refractivity contribution in [2.45, 2.75) is 12.6 Å². The lowest BCUT2D eigenvalue weighted by molar-refractivity contribution is -0.136. The van der Waals surface area contributed by atoms with E-state index in [4.69, 9.17) is 17.3 Å². The van der Waals surface area contributed by atoms with Gasteiger partial charge < -0.3 is 10.6 Å². The quantitative estimate of drug-likeness (QED) is 0.865. The van der Waals surface area contributed by atoms with Gasteiger partial charge in [0.2, 0.25) is 0 Å². The Labute approximate surface area is 107 Å². The van der Waals surface area contributed by atoms with E-state index in [9.17, 15) is 18.0 Å². The Hall–Kier alpha value is -1.50. The number of rotatable bonds is 3. The summed E-state index contributed by atoms with van der Waals surface area (Å²) in [6.45, 7) is -0.451. The number of carbonyl (C=O) groups is 1. The van der Waals surface area contributed by atoms with E-state index in [1.54, 1.807) is 0 Å². The molecule has 0 spiro atoms. The highest BCUT2D eigenvalue weighted by atomic mass is 35.5. The Morgan fingerprint density at radius 2 is 2.17 bits per heavy atom. The predicted molar refractivity (Wildman–Crippen MR) is 61.3 cm³/mol. The Bertz CT molecular complexity index is 450. The molecule has 0 aromatic carbocycles. The van der Waals surface area contributed by atoms with Crippen molar-refractivity contribution >= 4 is 23.2 Å². The van der Waals surface area contributed by atoms with Crippen LogP contribution in [-0.2, 0) is 0 Å². The molecule has 18 heavy (non-hydrogen) atoms. The van der Waals surface area contributed by atoms with Gasteiger partial charge >= 0.3 is 6.18 Å². The van der Waals surface area contributed by atoms with Crippen LogP contribution in [0.2, 0.25) is 5.15 Å². The van der Waals surface area contributed by atoms with Crippen LogP contribution in [0.4, 0.5) is 18.9 Å². The van der Waals surface area contributed by atoms with E-state index >= 15 is 0 Å². The van der Waals surface area contributed by atoms with Gasteiger partial charge in [-0.15, -0.1) is 0 Å². The van der Waals surface area contributed by atoms with Crippen LogP contribution < -0.4 is 5.73 Å². The fourth-order valence-corrected chi connectivity index (χ4v) is 1.40. The zero-order chi connectivity index (χ0) is 13.9. The number of nitrogens with zero attached hydrogens (tertiary/aromatic N) is 2. The minimum absolute atomic E-state index is 0.0126. The number of amides is 1. The van der Waals surface area contributed by atoms with Gasteiger partial charge in [0, 0.05) is 13.6 Å². The molecule has 0 saturated heterocycles. The average molecular weight is 282 g/mol. The number of hydrogen-bond acceptors (Lipinski definition) is 3. The molecule has 8 heteroatoms. The lowest BCUT2D eigenvalue weighted by Crippen LogP contribution is -2.30. The highest BCUT2D eigenvalue weighted by Gasteiger charge is 2.28. The summed E-state index contributed by atoms with van der Waals surface area (Å²) in [6.07, 6.45) is -4.14. The fraction of sp³-hybridized carbons (Fsp3) is 0.400. The Balaban J connectivity index is 2.77. The Morgan fingerprint density at radius 1 is 1.56 bits per heavy atom. The zero-order valence-electron chi connectivity index (χ0n) is 9.46. The first-order valence-corrected chi connectivity index (χ1v) is 5.32. The summed E-state index contributed by atoms with van der Waals surface area (Å²) in [4.78, 5) is 16.4. The number of nitrogens with two attached hydrogens (primary N) is 1. The second-order valence-corrected chi connectivity index (χ2v) is 4.06. The van der Waals surface area contributed by atoms with Gasteiger partial charge in [0.05, 0.1) is 23.9 Å². The minimum Gasteiger partial charge on any atom is -0.397 e. The van der Waals surface area contributed by atoms with Crippen LogP contribution in [0, 0.1) is 0 Å². The lowest BCUT2D eigenvalue weighted by atomic mass is 10.2. The number of halogens is 4. The third kappa shape index (κ3) is 4.06. The molecule has 0 unspecified atom stereocenters. The molecule has 0 atom stereocenters. The van der Waals surface area contributed by atoms with E-state index in [0.717, 1.165) is 4.90 Å². The van der Waals surface area contributed by atoms with Crippen LogP contribution in [0.15, 0.2) is 12.3 Å². The summed E-state index contributed by atoms with van der Waals surface area (Å²) in [5, 5.41) is -0.0898. The molecule has 2 N–H and O–H groups in total. The second kappa shape index (κ2) is 5.43. The molecule has 1 rings (SSSR count). The summed E-state index contributed by atoms with van der Waals surface area (Å²) in [7, 11) is 1.26. The zero-order valence-corrected chi connectivity index (χ0v) is 10.2. The Kier molecular flexibility index (Phi) is 4.39. The molecule has 0 bridgehead atoms. The van der Waals surface area contributed by atoms with E-state index < -0.39 is 25.0 Å². The van der Waals surface area contributed by atoms with Crippen LogP contribution in [0.5, 0.6) is 0 Å². The number of pyridine rings is 1.